The van der Waals surface area contributed by atoms with Crippen molar-refractivity contribution in [3.63, 3.8) is 0 Å². The highest BCUT2D eigenvalue weighted by Crippen LogP contribution is 2.40. The Hall–Kier alpha value is -3.71. The van der Waals surface area contributed by atoms with Crippen LogP contribution in [0.5, 0.6) is 5.75 Å². The molecule has 3 aromatic carbocycles. The van der Waals surface area contributed by atoms with Gasteiger partial charge in [-0.25, -0.2) is 0 Å². The summed E-state index contributed by atoms with van der Waals surface area (Å²) in [5.41, 5.74) is 1.59. The fourth-order valence-electron chi connectivity index (χ4n) is 6.44. The average molecular weight is 587 g/mol. The second-order valence-electron chi connectivity index (χ2n) is 11.4. The Bertz CT molecular complexity index is 1510. The summed E-state index contributed by atoms with van der Waals surface area (Å²) in [6.45, 7) is 1.04. The zero-order valence-corrected chi connectivity index (χ0v) is 24.8. The molecular weight excluding hydrogens is 548 g/mol. The van der Waals surface area contributed by atoms with Gasteiger partial charge in [-0.2, -0.15) is 22.7 Å². The predicted octanol–water partition coefficient (Wildman–Crippen LogP) is 4.70. The van der Waals surface area contributed by atoms with Crippen molar-refractivity contribution in [2.24, 2.45) is 0 Å². The Kier molecular flexibility index (Phi) is 8.97. The van der Waals surface area contributed by atoms with E-state index < -0.39 is 15.6 Å². The van der Waals surface area contributed by atoms with Gasteiger partial charge in [-0.05, 0) is 61.8 Å². The van der Waals surface area contributed by atoms with Crippen LogP contribution in [-0.4, -0.2) is 51.4 Å². The van der Waals surface area contributed by atoms with Crippen molar-refractivity contribution in [3.05, 3.63) is 102 Å². The molecule has 0 bridgehead atoms. The normalized spacial score (nSPS) is 22.5. The number of nitrogens with one attached hydrogen (secondary N) is 2. The molecule has 1 aliphatic carbocycles. The number of hydrogen-bond acceptors (Lipinski definition) is 5. The number of rotatable bonds is 9. The molecule has 2 fully saturated rings. The number of hydrogen-bond donors (Lipinski definition) is 2. The molecule has 0 radical (unpaired) electrons. The van der Waals surface area contributed by atoms with Gasteiger partial charge in [0, 0.05) is 31.1 Å². The average Bonchev–Trinajstić information content (AvgIpc) is 3.05. The summed E-state index contributed by atoms with van der Waals surface area (Å²) in [7, 11) is -2.16. The Morgan fingerprint density at radius 1 is 0.905 bits per heavy atom. The monoisotopic (exact) mass is 586 g/mol. The lowest BCUT2D eigenvalue weighted by Crippen LogP contribution is -2.53. The number of ether oxygens (including phenoxy) is 1. The Labute approximate surface area is 248 Å². The first-order valence-electron chi connectivity index (χ1n) is 14.5. The standard InChI is InChI=1S/C33H38N4O4S/c1-41-30-15-9-8-14-29(30)31(38)35-25-33(27-12-6-3-7-13-27)18-16-28(17-19-33)36-42(39,40)37-22-20-32(24-34,21-23-37)26-10-4-2-5-11-26/h2-15,28,36H,16-23,25H2,1H3,(H,35,38)/t28-,33-. The van der Waals surface area contributed by atoms with E-state index in [-0.39, 0.29) is 17.4 Å². The zero-order valence-electron chi connectivity index (χ0n) is 24.0. The van der Waals surface area contributed by atoms with E-state index >= 15 is 0 Å². The van der Waals surface area contributed by atoms with Gasteiger partial charge in [-0.3, -0.25) is 4.79 Å². The minimum Gasteiger partial charge on any atom is -0.496 e. The summed E-state index contributed by atoms with van der Waals surface area (Å²) in [6, 6.07) is 29.2. The van der Waals surface area contributed by atoms with Crippen molar-refractivity contribution in [3.8, 4) is 11.8 Å². The Morgan fingerprint density at radius 2 is 1.48 bits per heavy atom. The number of nitrogens with zero attached hydrogens (tertiary/aromatic N) is 2. The van der Waals surface area contributed by atoms with Crippen LogP contribution in [0.3, 0.4) is 0 Å². The lowest BCUT2D eigenvalue weighted by Gasteiger charge is -2.42. The third kappa shape index (κ3) is 6.21. The second kappa shape index (κ2) is 12.7. The fraction of sp³-hybridized carbons (Fsp3) is 0.394. The molecule has 2 aliphatic rings. The van der Waals surface area contributed by atoms with Crippen molar-refractivity contribution in [2.75, 3.05) is 26.7 Å². The van der Waals surface area contributed by atoms with Crippen molar-refractivity contribution in [1.82, 2.24) is 14.3 Å². The highest BCUT2D eigenvalue weighted by molar-refractivity contribution is 7.87. The Morgan fingerprint density at radius 3 is 2.07 bits per heavy atom. The van der Waals surface area contributed by atoms with Crippen LogP contribution in [0, 0.1) is 11.3 Å². The smallest absolute Gasteiger partial charge is 0.279 e. The molecule has 0 spiro atoms. The summed E-state index contributed by atoms with van der Waals surface area (Å²) in [5.74, 6) is 0.329. The number of nitriles is 1. The van der Waals surface area contributed by atoms with E-state index in [1.807, 2.05) is 60.7 Å². The Balaban J connectivity index is 1.23. The lowest BCUT2D eigenvalue weighted by atomic mass is 9.68. The molecule has 1 saturated heterocycles. The SMILES string of the molecule is COc1ccccc1C(=O)NC[C@]1(c2ccccc2)CC[C@H](NS(=O)(=O)N2CCC(C#N)(c3ccccc3)CC2)CC1. The van der Waals surface area contributed by atoms with Crippen LogP contribution in [-0.2, 0) is 21.0 Å². The van der Waals surface area contributed by atoms with Gasteiger partial charge in [0.15, 0.2) is 0 Å². The summed E-state index contributed by atoms with van der Waals surface area (Å²) >= 11 is 0. The first-order valence-corrected chi connectivity index (χ1v) is 16.0. The number of piperidine rings is 1. The highest BCUT2D eigenvalue weighted by Gasteiger charge is 2.42. The van der Waals surface area contributed by atoms with Crippen LogP contribution < -0.4 is 14.8 Å². The highest BCUT2D eigenvalue weighted by atomic mass is 32.2. The number of carbonyl (C=O) groups excluding carboxylic acids is 1. The second-order valence-corrected chi connectivity index (χ2v) is 13.1. The molecule has 8 nitrogen and oxygen atoms in total. The van der Waals surface area contributed by atoms with E-state index in [9.17, 15) is 18.5 Å². The van der Waals surface area contributed by atoms with Crippen LogP contribution in [0.1, 0.15) is 60.0 Å². The maximum atomic E-state index is 13.4. The van der Waals surface area contributed by atoms with E-state index in [2.05, 4.69) is 28.2 Å². The maximum absolute atomic E-state index is 13.4. The zero-order chi connectivity index (χ0) is 29.6. The molecule has 1 heterocycles. The van der Waals surface area contributed by atoms with Crippen LogP contribution in [0.15, 0.2) is 84.9 Å². The van der Waals surface area contributed by atoms with Gasteiger partial charge in [0.1, 0.15) is 5.75 Å². The van der Waals surface area contributed by atoms with Gasteiger partial charge >= 0.3 is 0 Å². The lowest BCUT2D eigenvalue weighted by molar-refractivity contribution is 0.0932. The molecule has 1 saturated carbocycles. The maximum Gasteiger partial charge on any atom is 0.279 e. The van der Waals surface area contributed by atoms with Crippen molar-refractivity contribution in [2.45, 2.75) is 55.4 Å². The van der Waals surface area contributed by atoms with Gasteiger partial charge in [0.25, 0.3) is 16.1 Å². The number of amides is 1. The van der Waals surface area contributed by atoms with Crippen molar-refractivity contribution in [1.29, 1.82) is 5.26 Å². The van der Waals surface area contributed by atoms with E-state index in [0.29, 0.717) is 56.6 Å². The number of benzene rings is 3. The van der Waals surface area contributed by atoms with Crippen LogP contribution in [0.25, 0.3) is 0 Å². The summed E-state index contributed by atoms with van der Waals surface area (Å²) in [5, 5.41) is 13.1. The van der Waals surface area contributed by atoms with Gasteiger partial charge in [-0.1, -0.05) is 72.8 Å². The summed E-state index contributed by atoms with van der Waals surface area (Å²) < 4.78 is 36.6. The first-order chi connectivity index (χ1) is 20.3. The quantitative estimate of drug-likeness (QED) is 0.378. The third-order valence-corrected chi connectivity index (χ3v) is 10.7. The molecule has 220 valence electrons. The molecular formula is C33H38N4O4S. The van der Waals surface area contributed by atoms with E-state index in [4.69, 9.17) is 4.74 Å². The van der Waals surface area contributed by atoms with Gasteiger partial charge < -0.3 is 10.1 Å². The van der Waals surface area contributed by atoms with Crippen molar-refractivity contribution < 1.29 is 17.9 Å². The summed E-state index contributed by atoms with van der Waals surface area (Å²) in [4.78, 5) is 13.1. The van der Waals surface area contributed by atoms with Gasteiger partial charge in [0.2, 0.25) is 0 Å². The third-order valence-electron chi connectivity index (χ3n) is 9.04. The topological polar surface area (TPSA) is 112 Å². The molecule has 42 heavy (non-hydrogen) atoms. The van der Waals surface area contributed by atoms with E-state index in [1.54, 1.807) is 19.2 Å². The molecule has 0 aromatic heterocycles. The molecule has 9 heteroatoms. The van der Waals surface area contributed by atoms with Crippen LogP contribution in [0.4, 0.5) is 0 Å². The molecule has 5 rings (SSSR count). The predicted molar refractivity (Wildman–Crippen MR) is 162 cm³/mol. The minimum atomic E-state index is -3.70. The number of methoxy groups -OCH3 is 1. The number of carbonyl (C=O) groups is 1. The van der Waals surface area contributed by atoms with Crippen LogP contribution in [0.2, 0.25) is 0 Å². The van der Waals surface area contributed by atoms with Crippen molar-refractivity contribution >= 4 is 16.1 Å². The van der Waals surface area contributed by atoms with Gasteiger partial charge in [-0.15, -0.1) is 0 Å². The molecule has 3 aromatic rings. The van der Waals surface area contributed by atoms with Gasteiger partial charge in [0.05, 0.1) is 24.2 Å². The number of para-hydroxylation sites is 1. The molecule has 0 unspecified atom stereocenters. The molecule has 1 aliphatic heterocycles. The minimum absolute atomic E-state index is 0.195. The van der Waals surface area contributed by atoms with Crippen LogP contribution >= 0.6 is 0 Å². The fourth-order valence-corrected chi connectivity index (χ4v) is 7.91. The van der Waals surface area contributed by atoms with E-state index in [0.717, 1.165) is 24.0 Å². The summed E-state index contributed by atoms with van der Waals surface area (Å²) in [6.07, 6.45) is 3.67. The first kappa shape index (κ1) is 29.8. The van der Waals surface area contributed by atoms with E-state index in [1.165, 1.54) is 4.31 Å². The molecule has 2 N–H and O–H groups in total. The largest absolute Gasteiger partial charge is 0.496 e. The molecule has 1 amide bonds. The molecule has 0 atom stereocenters.